The first kappa shape index (κ1) is 22.2. The third kappa shape index (κ3) is 4.33. The summed E-state index contributed by atoms with van der Waals surface area (Å²) in [7, 11) is 3.44. The number of hydrogen-bond donors (Lipinski definition) is 0. The van der Waals surface area contributed by atoms with Crippen LogP contribution >= 0.6 is 23.4 Å². The predicted molar refractivity (Wildman–Crippen MR) is 133 cm³/mol. The van der Waals surface area contributed by atoms with Crippen molar-refractivity contribution in [2.24, 2.45) is 4.99 Å². The Balaban J connectivity index is 1.55. The number of benzene rings is 2. The summed E-state index contributed by atoms with van der Waals surface area (Å²) in [5.74, 6) is 0.751. The largest absolute Gasteiger partial charge is 0.489 e. The van der Waals surface area contributed by atoms with E-state index in [9.17, 15) is 4.79 Å². The summed E-state index contributed by atoms with van der Waals surface area (Å²) in [6.45, 7) is 4.54. The molecule has 0 unspecified atom stereocenters. The number of thioether (sulfide) groups is 1. The number of rotatable bonds is 5. The Labute approximate surface area is 197 Å². The maximum atomic E-state index is 12.5. The Bertz CT molecular complexity index is 1230. The molecule has 32 heavy (non-hydrogen) atoms. The van der Waals surface area contributed by atoms with Crippen LogP contribution in [-0.4, -0.2) is 34.6 Å². The lowest BCUT2D eigenvalue weighted by molar-refractivity contribution is -0.121. The molecule has 1 fully saturated rings. The zero-order chi connectivity index (χ0) is 22.8. The molecular formula is C25H24ClN3O2S. The highest BCUT2D eigenvalue weighted by Crippen LogP contribution is 2.33. The smallest absolute Gasteiger partial charge is 0.266 e. The fraction of sp³-hybridized carbons (Fsp3) is 0.200. The van der Waals surface area contributed by atoms with Gasteiger partial charge in [0.15, 0.2) is 5.17 Å². The fourth-order valence-electron chi connectivity index (χ4n) is 3.69. The lowest BCUT2D eigenvalue weighted by Crippen LogP contribution is -2.23. The van der Waals surface area contributed by atoms with Crippen molar-refractivity contribution in [2.45, 2.75) is 20.5 Å². The Morgan fingerprint density at radius 3 is 2.50 bits per heavy atom. The number of amidine groups is 1. The average Bonchev–Trinajstić information content (AvgIpc) is 3.23. The number of halogens is 1. The van der Waals surface area contributed by atoms with Crippen molar-refractivity contribution in [3.63, 3.8) is 0 Å². The molecule has 2 heterocycles. The molecular weight excluding hydrogens is 442 g/mol. The average molecular weight is 466 g/mol. The molecule has 0 bridgehead atoms. The number of carbonyl (C=O) groups excluding carboxylic acids is 1. The summed E-state index contributed by atoms with van der Waals surface area (Å²) in [5, 5.41) is 1.41. The van der Waals surface area contributed by atoms with Crippen molar-refractivity contribution >= 4 is 40.5 Å². The molecule has 1 aromatic heterocycles. The molecule has 0 N–H and O–H groups in total. The Hall–Kier alpha value is -2.96. The number of aryl methyl sites for hydroxylation is 1. The van der Waals surface area contributed by atoms with Gasteiger partial charge in [0.05, 0.1) is 4.91 Å². The maximum absolute atomic E-state index is 12.5. The number of aliphatic imine (C=N–C) groups is 1. The zero-order valence-electron chi connectivity index (χ0n) is 18.4. The van der Waals surface area contributed by atoms with Gasteiger partial charge in [-0.3, -0.25) is 14.7 Å². The van der Waals surface area contributed by atoms with E-state index < -0.39 is 0 Å². The third-order valence-corrected chi connectivity index (χ3v) is 6.92. The van der Waals surface area contributed by atoms with Gasteiger partial charge in [0.1, 0.15) is 12.4 Å². The van der Waals surface area contributed by atoms with Crippen LogP contribution in [0.3, 0.4) is 0 Å². The second-order valence-electron chi connectivity index (χ2n) is 7.52. The van der Waals surface area contributed by atoms with Gasteiger partial charge in [0, 0.05) is 41.8 Å². The van der Waals surface area contributed by atoms with Crippen LogP contribution in [0.25, 0.3) is 11.8 Å². The molecule has 0 radical (unpaired) electrons. The summed E-state index contributed by atoms with van der Waals surface area (Å²) in [4.78, 5) is 18.9. The number of aromatic nitrogens is 1. The molecule has 0 aliphatic carbocycles. The normalized spacial score (nSPS) is 16.4. The van der Waals surface area contributed by atoms with Crippen LogP contribution in [0, 0.1) is 13.8 Å². The van der Waals surface area contributed by atoms with Gasteiger partial charge in [0.2, 0.25) is 0 Å². The van der Waals surface area contributed by atoms with Gasteiger partial charge in [-0.1, -0.05) is 29.8 Å². The second-order valence-corrected chi connectivity index (χ2v) is 8.93. The van der Waals surface area contributed by atoms with E-state index in [1.807, 2.05) is 54.6 Å². The minimum absolute atomic E-state index is 0.0274. The summed E-state index contributed by atoms with van der Waals surface area (Å²) in [5.41, 5.74) is 5.16. The van der Waals surface area contributed by atoms with E-state index in [0.717, 1.165) is 34.0 Å². The lowest BCUT2D eigenvalue weighted by Gasteiger charge is -2.12. The standard InChI is InChI=1S/C25H24ClN3O2S/c1-16-13-19(14-23-24(30)28(4)25(27-3)32-23)17(2)29(16)20-9-11-21(12-10-20)31-15-18-7-5-6-8-22(18)26/h5-14H,15H2,1-4H3/b23-14+,27-25?. The SMILES string of the molecule is CN=C1S/C(=C/c2cc(C)n(-c3ccc(OCc4ccccc4Cl)cc3)c2C)C(=O)N1C. The lowest BCUT2D eigenvalue weighted by atomic mass is 10.2. The molecule has 4 rings (SSSR count). The van der Waals surface area contributed by atoms with Crippen molar-refractivity contribution in [1.29, 1.82) is 0 Å². The molecule has 1 aliphatic rings. The van der Waals surface area contributed by atoms with Gasteiger partial charge in [-0.15, -0.1) is 0 Å². The van der Waals surface area contributed by atoms with E-state index in [1.165, 1.54) is 11.8 Å². The van der Waals surface area contributed by atoms with Crippen molar-refractivity contribution in [3.8, 4) is 11.4 Å². The summed E-state index contributed by atoms with van der Waals surface area (Å²) in [6, 6.07) is 17.7. The number of nitrogens with zero attached hydrogens (tertiary/aromatic N) is 3. The highest BCUT2D eigenvalue weighted by Gasteiger charge is 2.30. The van der Waals surface area contributed by atoms with Gasteiger partial charge in [-0.25, -0.2) is 0 Å². The Morgan fingerprint density at radius 1 is 1.12 bits per heavy atom. The molecule has 164 valence electrons. The highest BCUT2D eigenvalue weighted by molar-refractivity contribution is 8.18. The molecule has 0 atom stereocenters. The topological polar surface area (TPSA) is 46.8 Å². The molecule has 1 saturated heterocycles. The molecule has 7 heteroatoms. The van der Waals surface area contributed by atoms with E-state index in [1.54, 1.807) is 19.0 Å². The molecule has 3 aromatic rings. The van der Waals surface area contributed by atoms with Gasteiger partial charge in [-0.2, -0.15) is 0 Å². The third-order valence-electron chi connectivity index (χ3n) is 5.40. The van der Waals surface area contributed by atoms with Gasteiger partial charge in [-0.05, 0) is 73.6 Å². The first-order valence-electron chi connectivity index (χ1n) is 10.2. The molecule has 1 amide bonds. The van der Waals surface area contributed by atoms with E-state index in [-0.39, 0.29) is 5.91 Å². The van der Waals surface area contributed by atoms with Crippen molar-refractivity contribution in [2.75, 3.05) is 14.1 Å². The first-order chi connectivity index (χ1) is 15.4. The first-order valence-corrected chi connectivity index (χ1v) is 11.4. The van der Waals surface area contributed by atoms with Gasteiger partial charge >= 0.3 is 0 Å². The van der Waals surface area contributed by atoms with Crippen molar-refractivity contribution in [3.05, 3.63) is 87.0 Å². The second kappa shape index (κ2) is 9.27. The Morgan fingerprint density at radius 2 is 1.84 bits per heavy atom. The monoisotopic (exact) mass is 465 g/mol. The highest BCUT2D eigenvalue weighted by atomic mass is 35.5. The quantitative estimate of drug-likeness (QED) is 0.443. The zero-order valence-corrected chi connectivity index (χ0v) is 20.0. The van der Waals surface area contributed by atoms with Crippen LogP contribution in [0.2, 0.25) is 5.02 Å². The number of carbonyl (C=O) groups is 1. The van der Waals surface area contributed by atoms with E-state index >= 15 is 0 Å². The Kier molecular flexibility index (Phi) is 6.44. The van der Waals surface area contributed by atoms with Gasteiger partial charge < -0.3 is 9.30 Å². The minimum atomic E-state index is -0.0274. The van der Waals surface area contributed by atoms with E-state index in [0.29, 0.717) is 21.7 Å². The maximum Gasteiger partial charge on any atom is 0.266 e. The number of hydrogen-bond acceptors (Lipinski definition) is 4. The number of ether oxygens (including phenoxy) is 1. The van der Waals surface area contributed by atoms with Gasteiger partial charge in [0.25, 0.3) is 5.91 Å². The number of amides is 1. The molecule has 0 saturated carbocycles. The van der Waals surface area contributed by atoms with Crippen LogP contribution in [0.4, 0.5) is 0 Å². The summed E-state index contributed by atoms with van der Waals surface area (Å²) < 4.78 is 8.07. The molecule has 0 spiro atoms. The molecule has 2 aromatic carbocycles. The molecule has 1 aliphatic heterocycles. The minimum Gasteiger partial charge on any atom is -0.489 e. The van der Waals surface area contributed by atoms with Crippen molar-refractivity contribution in [1.82, 2.24) is 9.47 Å². The van der Waals surface area contributed by atoms with Crippen LogP contribution in [0.5, 0.6) is 5.75 Å². The van der Waals surface area contributed by atoms with E-state index in [4.69, 9.17) is 16.3 Å². The summed E-state index contributed by atoms with van der Waals surface area (Å²) >= 11 is 7.61. The van der Waals surface area contributed by atoms with Crippen LogP contribution < -0.4 is 4.74 Å². The van der Waals surface area contributed by atoms with Crippen LogP contribution in [0.15, 0.2) is 64.5 Å². The van der Waals surface area contributed by atoms with Crippen LogP contribution in [-0.2, 0) is 11.4 Å². The summed E-state index contributed by atoms with van der Waals surface area (Å²) in [6.07, 6.45) is 1.95. The molecule has 5 nitrogen and oxygen atoms in total. The van der Waals surface area contributed by atoms with Crippen molar-refractivity contribution < 1.29 is 9.53 Å². The fourth-order valence-corrected chi connectivity index (χ4v) is 4.80. The number of likely N-dealkylation sites (N-methyl/N-ethyl adjacent to an activating group) is 1. The van der Waals surface area contributed by atoms with E-state index in [2.05, 4.69) is 29.5 Å². The predicted octanol–water partition coefficient (Wildman–Crippen LogP) is 5.86. The van der Waals surface area contributed by atoms with Crippen LogP contribution in [0.1, 0.15) is 22.5 Å².